The molecule has 0 bridgehead atoms. The van der Waals surface area contributed by atoms with E-state index in [2.05, 4.69) is 4.98 Å². The number of aromatic nitrogens is 1. The number of benzene rings is 1. The maximum Gasteiger partial charge on any atom is 0.358 e. The van der Waals surface area contributed by atoms with Gasteiger partial charge >= 0.3 is 5.97 Å². The second kappa shape index (κ2) is 3.97. The third kappa shape index (κ3) is 1.77. The van der Waals surface area contributed by atoms with Crippen LogP contribution in [0.15, 0.2) is 22.9 Å². The topological polar surface area (TPSA) is 63.3 Å². The Morgan fingerprint density at radius 2 is 2.12 bits per heavy atom. The Labute approximate surface area is 94.5 Å². The van der Waals surface area contributed by atoms with Gasteiger partial charge in [-0.05, 0) is 18.6 Å². The minimum atomic E-state index is -1.41. The molecule has 88 valence electrons. The first kappa shape index (κ1) is 11.3. The fraction of sp³-hybridized carbons (Fsp3) is 0.0909. The lowest BCUT2D eigenvalue weighted by Gasteiger charge is -2.04. The summed E-state index contributed by atoms with van der Waals surface area (Å²) < 4.78 is 32.0. The number of nitrogens with zero attached hydrogens (tertiary/aromatic N) is 1. The summed E-state index contributed by atoms with van der Waals surface area (Å²) in [4.78, 5) is 14.2. The van der Waals surface area contributed by atoms with Crippen LogP contribution in [0.1, 0.15) is 16.1 Å². The molecule has 17 heavy (non-hydrogen) atoms. The zero-order valence-corrected chi connectivity index (χ0v) is 8.70. The zero-order chi connectivity index (χ0) is 12.6. The Bertz CT molecular complexity index is 592. The molecule has 0 aliphatic rings. The summed E-state index contributed by atoms with van der Waals surface area (Å²) in [6, 6.07) is 2.30. The molecule has 0 atom stereocenters. The largest absolute Gasteiger partial charge is 0.476 e. The van der Waals surface area contributed by atoms with Gasteiger partial charge in [-0.1, -0.05) is 6.07 Å². The molecule has 4 nitrogen and oxygen atoms in total. The number of carboxylic acids is 1. The van der Waals surface area contributed by atoms with Crippen LogP contribution in [0.25, 0.3) is 11.3 Å². The van der Waals surface area contributed by atoms with Gasteiger partial charge in [-0.15, -0.1) is 0 Å². The van der Waals surface area contributed by atoms with Gasteiger partial charge in [0.1, 0.15) is 11.6 Å². The predicted octanol–water partition coefficient (Wildman–Crippen LogP) is 2.63. The summed E-state index contributed by atoms with van der Waals surface area (Å²) in [6.07, 6.45) is 0.833. The molecule has 0 aliphatic heterocycles. The highest BCUT2D eigenvalue weighted by molar-refractivity contribution is 5.92. The molecule has 2 rings (SSSR count). The molecule has 2 aromatic rings. The molecule has 0 aliphatic carbocycles. The molecule has 6 heteroatoms. The molecule has 1 aromatic carbocycles. The van der Waals surface area contributed by atoms with Crippen LogP contribution < -0.4 is 0 Å². The number of halogens is 2. The van der Waals surface area contributed by atoms with Gasteiger partial charge in [0.05, 0.1) is 5.56 Å². The van der Waals surface area contributed by atoms with Crippen LogP contribution >= 0.6 is 0 Å². The van der Waals surface area contributed by atoms with Gasteiger partial charge in [0, 0.05) is 0 Å². The Morgan fingerprint density at radius 1 is 1.41 bits per heavy atom. The van der Waals surface area contributed by atoms with Crippen LogP contribution in [0.3, 0.4) is 0 Å². The summed E-state index contributed by atoms with van der Waals surface area (Å²) in [5, 5.41) is 8.80. The average Bonchev–Trinajstić information content (AvgIpc) is 2.73. The van der Waals surface area contributed by atoms with Crippen molar-refractivity contribution in [3.63, 3.8) is 0 Å². The molecular formula is C11H7F2NO3. The molecule has 0 saturated heterocycles. The molecule has 0 radical (unpaired) electrons. The van der Waals surface area contributed by atoms with Crippen molar-refractivity contribution in [3.05, 3.63) is 41.4 Å². The van der Waals surface area contributed by atoms with Crippen molar-refractivity contribution in [1.82, 2.24) is 4.98 Å². The molecule has 0 fully saturated rings. The maximum absolute atomic E-state index is 13.7. The third-order valence-electron chi connectivity index (χ3n) is 2.28. The van der Waals surface area contributed by atoms with Crippen LogP contribution in [0, 0.1) is 18.6 Å². The maximum atomic E-state index is 13.7. The van der Waals surface area contributed by atoms with Crippen molar-refractivity contribution in [2.75, 3.05) is 0 Å². The van der Waals surface area contributed by atoms with Gasteiger partial charge in [0.2, 0.25) is 0 Å². The number of carbonyl (C=O) groups is 1. The van der Waals surface area contributed by atoms with Crippen LogP contribution in [0.2, 0.25) is 0 Å². The van der Waals surface area contributed by atoms with E-state index >= 15 is 0 Å². The highest BCUT2D eigenvalue weighted by Gasteiger charge is 2.24. The number of aromatic carboxylic acids is 1. The van der Waals surface area contributed by atoms with Gasteiger partial charge in [-0.2, -0.15) is 0 Å². The van der Waals surface area contributed by atoms with E-state index in [9.17, 15) is 13.6 Å². The number of rotatable bonds is 2. The molecule has 1 heterocycles. The number of carboxylic acid groups (broad SMARTS) is 1. The molecule has 0 spiro atoms. The fourth-order valence-electron chi connectivity index (χ4n) is 1.44. The lowest BCUT2D eigenvalue weighted by atomic mass is 10.1. The Hall–Kier alpha value is -2.24. The van der Waals surface area contributed by atoms with Crippen LogP contribution in [-0.2, 0) is 0 Å². The van der Waals surface area contributed by atoms with Gasteiger partial charge in [-0.3, -0.25) is 0 Å². The van der Waals surface area contributed by atoms with Gasteiger partial charge in [0.25, 0.3) is 0 Å². The van der Waals surface area contributed by atoms with E-state index in [4.69, 9.17) is 9.52 Å². The second-order valence-electron chi connectivity index (χ2n) is 3.39. The summed E-state index contributed by atoms with van der Waals surface area (Å²) in [7, 11) is 0. The molecule has 1 aromatic heterocycles. The molecule has 1 N–H and O–H groups in total. The van der Waals surface area contributed by atoms with Crippen molar-refractivity contribution in [2.24, 2.45) is 0 Å². The van der Waals surface area contributed by atoms with Crippen LogP contribution in [0.5, 0.6) is 0 Å². The highest BCUT2D eigenvalue weighted by Crippen LogP contribution is 2.30. The lowest BCUT2D eigenvalue weighted by molar-refractivity contribution is 0.0691. The first-order chi connectivity index (χ1) is 8.02. The van der Waals surface area contributed by atoms with Gasteiger partial charge in [0.15, 0.2) is 17.8 Å². The predicted molar refractivity (Wildman–Crippen MR) is 53.6 cm³/mol. The lowest BCUT2D eigenvalue weighted by Crippen LogP contribution is -2.01. The quantitative estimate of drug-likeness (QED) is 0.874. The minimum absolute atomic E-state index is 0.189. The van der Waals surface area contributed by atoms with Crippen molar-refractivity contribution >= 4 is 5.97 Å². The van der Waals surface area contributed by atoms with Crippen molar-refractivity contribution in [3.8, 4) is 11.3 Å². The second-order valence-corrected chi connectivity index (χ2v) is 3.39. The standard InChI is InChI=1S/C11H7F2NO3/c1-5-2-3-6(12)7(8(5)13)10-9(11(15)16)14-4-17-10/h2-4H,1H3,(H,15,16). The van der Waals surface area contributed by atoms with Crippen molar-refractivity contribution in [1.29, 1.82) is 0 Å². The van der Waals surface area contributed by atoms with E-state index < -0.39 is 34.6 Å². The van der Waals surface area contributed by atoms with E-state index in [1.165, 1.54) is 13.0 Å². The van der Waals surface area contributed by atoms with E-state index in [0.717, 1.165) is 12.5 Å². The fourth-order valence-corrected chi connectivity index (χ4v) is 1.44. The van der Waals surface area contributed by atoms with Crippen molar-refractivity contribution in [2.45, 2.75) is 6.92 Å². The Balaban J connectivity index is 2.72. The van der Waals surface area contributed by atoms with Crippen LogP contribution in [-0.4, -0.2) is 16.1 Å². The molecule has 0 saturated carbocycles. The smallest absolute Gasteiger partial charge is 0.358 e. The Kier molecular flexibility index (Phi) is 2.63. The number of aryl methyl sites for hydroxylation is 1. The van der Waals surface area contributed by atoms with Gasteiger partial charge < -0.3 is 9.52 Å². The van der Waals surface area contributed by atoms with Crippen LogP contribution in [0.4, 0.5) is 8.78 Å². The Morgan fingerprint density at radius 3 is 2.76 bits per heavy atom. The highest BCUT2D eigenvalue weighted by atomic mass is 19.1. The number of oxazole rings is 1. The minimum Gasteiger partial charge on any atom is -0.476 e. The first-order valence-corrected chi connectivity index (χ1v) is 4.64. The third-order valence-corrected chi connectivity index (χ3v) is 2.28. The zero-order valence-electron chi connectivity index (χ0n) is 8.70. The normalized spacial score (nSPS) is 10.5. The molecule has 0 amide bonds. The SMILES string of the molecule is Cc1ccc(F)c(-c2ocnc2C(=O)O)c1F. The van der Waals surface area contributed by atoms with E-state index in [-0.39, 0.29) is 5.56 Å². The first-order valence-electron chi connectivity index (χ1n) is 4.64. The summed E-state index contributed by atoms with van der Waals surface area (Å²) in [5.41, 5.74) is -0.845. The number of hydrogen-bond donors (Lipinski definition) is 1. The summed E-state index contributed by atoms with van der Waals surface area (Å²) in [6.45, 7) is 1.44. The monoisotopic (exact) mass is 239 g/mol. The van der Waals surface area contributed by atoms with E-state index in [1.807, 2.05) is 0 Å². The number of hydrogen-bond acceptors (Lipinski definition) is 3. The van der Waals surface area contributed by atoms with Gasteiger partial charge in [-0.25, -0.2) is 18.6 Å². The molecular weight excluding hydrogens is 232 g/mol. The molecule has 0 unspecified atom stereocenters. The van der Waals surface area contributed by atoms with Crippen molar-refractivity contribution < 1.29 is 23.1 Å². The van der Waals surface area contributed by atoms with E-state index in [0.29, 0.717) is 0 Å². The van der Waals surface area contributed by atoms with E-state index in [1.54, 1.807) is 0 Å². The summed E-state index contributed by atoms with van der Waals surface area (Å²) >= 11 is 0. The summed E-state index contributed by atoms with van der Waals surface area (Å²) in [5.74, 6) is -3.58. The average molecular weight is 239 g/mol.